The number of aryl methyl sites for hydroxylation is 1. The number of hydrogen-bond acceptors (Lipinski definition) is 4. The molecule has 1 aromatic carbocycles. The lowest BCUT2D eigenvalue weighted by Gasteiger charge is -2.10. The number of carbonyl (C=O) groups excluding carboxylic acids is 1. The van der Waals surface area contributed by atoms with Gasteiger partial charge in [-0.25, -0.2) is 14.2 Å². The molecule has 0 bridgehead atoms. The van der Waals surface area contributed by atoms with Crippen LogP contribution >= 0.6 is 0 Å². The molecule has 0 spiro atoms. The number of carbonyl (C=O) groups is 1. The molecule has 0 unspecified atom stereocenters. The van der Waals surface area contributed by atoms with Crippen LogP contribution in [0.25, 0.3) is 0 Å². The summed E-state index contributed by atoms with van der Waals surface area (Å²) in [5, 5.41) is 0. The number of benzene rings is 1. The monoisotopic (exact) mass is 276 g/mol. The van der Waals surface area contributed by atoms with E-state index in [-0.39, 0.29) is 17.9 Å². The Morgan fingerprint density at radius 2 is 2.20 bits per heavy atom. The maximum atomic E-state index is 13.2. The van der Waals surface area contributed by atoms with Crippen LogP contribution in [0, 0.1) is 12.7 Å². The van der Waals surface area contributed by atoms with Crippen molar-refractivity contribution >= 4 is 5.97 Å². The van der Waals surface area contributed by atoms with Crippen molar-refractivity contribution in [1.82, 2.24) is 9.55 Å². The molecule has 0 aliphatic rings. The van der Waals surface area contributed by atoms with Crippen molar-refractivity contribution in [2.45, 2.75) is 13.5 Å². The van der Waals surface area contributed by atoms with Gasteiger partial charge in [0.05, 0.1) is 13.7 Å². The standard InChI is InChI=1S/C14H13FN2O3/c1-9-16-7-12(14(19)20-2)13(18)17(9)8-10-4-3-5-11(15)6-10/h3-7H,8H2,1-2H3. The Morgan fingerprint density at radius 3 is 2.85 bits per heavy atom. The van der Waals surface area contributed by atoms with Crippen LogP contribution in [0.4, 0.5) is 4.39 Å². The van der Waals surface area contributed by atoms with Crippen LogP contribution in [-0.4, -0.2) is 22.6 Å². The van der Waals surface area contributed by atoms with Crippen LogP contribution in [0.1, 0.15) is 21.7 Å². The number of nitrogens with zero attached hydrogens (tertiary/aromatic N) is 2. The summed E-state index contributed by atoms with van der Waals surface area (Å²) < 4.78 is 19.0. The molecule has 0 aliphatic heterocycles. The Balaban J connectivity index is 2.46. The Labute approximate surface area is 114 Å². The Morgan fingerprint density at radius 1 is 1.45 bits per heavy atom. The maximum absolute atomic E-state index is 13.2. The molecule has 6 heteroatoms. The van der Waals surface area contributed by atoms with E-state index in [1.54, 1.807) is 19.1 Å². The molecule has 2 aromatic rings. The lowest BCUT2D eigenvalue weighted by molar-refractivity contribution is 0.0597. The van der Waals surface area contributed by atoms with Gasteiger partial charge in [0.1, 0.15) is 17.2 Å². The molecule has 1 heterocycles. The van der Waals surface area contributed by atoms with Gasteiger partial charge in [0, 0.05) is 6.20 Å². The highest BCUT2D eigenvalue weighted by atomic mass is 19.1. The summed E-state index contributed by atoms with van der Waals surface area (Å²) in [5.74, 6) is -0.687. The van der Waals surface area contributed by atoms with E-state index in [0.29, 0.717) is 11.4 Å². The molecule has 0 saturated heterocycles. The van der Waals surface area contributed by atoms with Gasteiger partial charge in [-0.3, -0.25) is 9.36 Å². The van der Waals surface area contributed by atoms with E-state index < -0.39 is 11.5 Å². The maximum Gasteiger partial charge on any atom is 0.345 e. The Kier molecular flexibility index (Phi) is 3.93. The molecule has 0 atom stereocenters. The minimum Gasteiger partial charge on any atom is -0.465 e. The van der Waals surface area contributed by atoms with Crippen molar-refractivity contribution in [3.8, 4) is 0 Å². The third kappa shape index (κ3) is 2.74. The number of halogens is 1. The highest BCUT2D eigenvalue weighted by Crippen LogP contribution is 2.06. The zero-order chi connectivity index (χ0) is 14.7. The van der Waals surface area contributed by atoms with Gasteiger partial charge in [-0.1, -0.05) is 12.1 Å². The van der Waals surface area contributed by atoms with Crippen LogP contribution in [0.2, 0.25) is 0 Å². The summed E-state index contributed by atoms with van der Waals surface area (Å²) >= 11 is 0. The van der Waals surface area contributed by atoms with E-state index >= 15 is 0 Å². The second kappa shape index (κ2) is 5.64. The summed E-state index contributed by atoms with van der Waals surface area (Å²) in [6.45, 7) is 1.78. The van der Waals surface area contributed by atoms with Crippen molar-refractivity contribution in [3.63, 3.8) is 0 Å². The molecule has 2 rings (SSSR count). The lowest BCUT2D eigenvalue weighted by Crippen LogP contribution is -2.30. The number of methoxy groups -OCH3 is 1. The van der Waals surface area contributed by atoms with Gasteiger partial charge in [0.15, 0.2) is 0 Å². The van der Waals surface area contributed by atoms with Gasteiger partial charge >= 0.3 is 5.97 Å². The predicted octanol–water partition coefficient (Wildman–Crippen LogP) is 1.53. The van der Waals surface area contributed by atoms with Crippen molar-refractivity contribution in [2.75, 3.05) is 7.11 Å². The molecule has 1 aromatic heterocycles. The summed E-state index contributed by atoms with van der Waals surface area (Å²) in [4.78, 5) is 27.7. The molecular weight excluding hydrogens is 263 g/mol. The molecule has 20 heavy (non-hydrogen) atoms. The molecule has 0 amide bonds. The van der Waals surface area contributed by atoms with Gasteiger partial charge in [-0.05, 0) is 24.6 Å². The number of rotatable bonds is 3. The van der Waals surface area contributed by atoms with E-state index in [0.717, 1.165) is 0 Å². The third-order valence-electron chi connectivity index (χ3n) is 2.88. The van der Waals surface area contributed by atoms with Gasteiger partial charge < -0.3 is 4.74 Å². The van der Waals surface area contributed by atoms with Crippen molar-refractivity contribution in [2.24, 2.45) is 0 Å². The van der Waals surface area contributed by atoms with Crippen LogP contribution in [0.5, 0.6) is 0 Å². The van der Waals surface area contributed by atoms with Crippen LogP contribution in [0.3, 0.4) is 0 Å². The Bertz CT molecular complexity index is 710. The first-order valence-electron chi connectivity index (χ1n) is 5.92. The van der Waals surface area contributed by atoms with E-state index in [2.05, 4.69) is 9.72 Å². The van der Waals surface area contributed by atoms with Gasteiger partial charge in [-0.2, -0.15) is 0 Å². The van der Waals surface area contributed by atoms with Crippen molar-refractivity contribution in [3.05, 3.63) is 63.6 Å². The molecule has 0 radical (unpaired) electrons. The van der Waals surface area contributed by atoms with E-state index in [1.165, 1.54) is 30.0 Å². The molecule has 0 saturated carbocycles. The predicted molar refractivity (Wildman–Crippen MR) is 70.1 cm³/mol. The van der Waals surface area contributed by atoms with Crippen LogP contribution in [0.15, 0.2) is 35.3 Å². The molecule has 0 fully saturated rings. The SMILES string of the molecule is COC(=O)c1cnc(C)n(Cc2cccc(F)c2)c1=O. The Hall–Kier alpha value is -2.50. The second-order valence-electron chi connectivity index (χ2n) is 4.23. The molecule has 0 aliphatic carbocycles. The van der Waals surface area contributed by atoms with Gasteiger partial charge in [-0.15, -0.1) is 0 Å². The zero-order valence-electron chi connectivity index (χ0n) is 11.1. The summed E-state index contributed by atoms with van der Waals surface area (Å²) in [6, 6.07) is 5.90. The highest BCUT2D eigenvalue weighted by molar-refractivity contribution is 5.88. The average Bonchev–Trinajstić information content (AvgIpc) is 2.43. The summed E-state index contributed by atoms with van der Waals surface area (Å²) in [7, 11) is 1.19. The lowest BCUT2D eigenvalue weighted by atomic mass is 10.2. The molecule has 104 valence electrons. The van der Waals surface area contributed by atoms with E-state index in [1.807, 2.05) is 0 Å². The van der Waals surface area contributed by atoms with E-state index in [4.69, 9.17) is 0 Å². The fourth-order valence-electron chi connectivity index (χ4n) is 1.83. The molecular formula is C14H13FN2O3. The number of aromatic nitrogens is 2. The first-order chi connectivity index (χ1) is 9.52. The topological polar surface area (TPSA) is 61.2 Å². The number of hydrogen-bond donors (Lipinski definition) is 0. The highest BCUT2D eigenvalue weighted by Gasteiger charge is 2.15. The first kappa shape index (κ1) is 13.9. The quantitative estimate of drug-likeness (QED) is 0.798. The second-order valence-corrected chi connectivity index (χ2v) is 4.23. The van der Waals surface area contributed by atoms with Gasteiger partial charge in [0.2, 0.25) is 0 Å². The average molecular weight is 276 g/mol. The molecule has 5 nitrogen and oxygen atoms in total. The van der Waals surface area contributed by atoms with Crippen LogP contribution in [-0.2, 0) is 11.3 Å². The normalized spacial score (nSPS) is 10.3. The minimum absolute atomic E-state index is 0.139. The fourth-order valence-corrected chi connectivity index (χ4v) is 1.83. The first-order valence-corrected chi connectivity index (χ1v) is 5.92. The largest absolute Gasteiger partial charge is 0.465 e. The zero-order valence-corrected chi connectivity index (χ0v) is 11.1. The van der Waals surface area contributed by atoms with E-state index in [9.17, 15) is 14.0 Å². The van der Waals surface area contributed by atoms with Crippen LogP contribution < -0.4 is 5.56 Å². The number of esters is 1. The fraction of sp³-hybridized carbons (Fsp3) is 0.214. The van der Waals surface area contributed by atoms with Crippen molar-refractivity contribution in [1.29, 1.82) is 0 Å². The number of ether oxygens (including phenoxy) is 1. The summed E-state index contributed by atoms with van der Waals surface area (Å²) in [5.41, 5.74) is -0.0397. The summed E-state index contributed by atoms with van der Waals surface area (Å²) in [6.07, 6.45) is 1.19. The molecule has 0 N–H and O–H groups in total. The van der Waals surface area contributed by atoms with Gasteiger partial charge in [0.25, 0.3) is 5.56 Å². The third-order valence-corrected chi connectivity index (χ3v) is 2.88. The van der Waals surface area contributed by atoms with Crippen molar-refractivity contribution < 1.29 is 13.9 Å². The minimum atomic E-state index is -0.740. The smallest absolute Gasteiger partial charge is 0.345 e.